The van der Waals surface area contributed by atoms with Crippen molar-refractivity contribution in [3.05, 3.63) is 78.1 Å². The molecule has 2 aromatic carbocycles. The Hall–Kier alpha value is -2.28. The minimum absolute atomic E-state index is 0.725. The van der Waals surface area contributed by atoms with Gasteiger partial charge in [-0.15, -0.1) is 10.2 Å². The van der Waals surface area contributed by atoms with Crippen LogP contribution in [-0.4, -0.2) is 0 Å². The van der Waals surface area contributed by atoms with E-state index < -0.39 is 10.2 Å². The Balaban J connectivity index is 0.000000403. The summed E-state index contributed by atoms with van der Waals surface area (Å²) in [5.41, 5.74) is 5.16. The maximum atomic E-state index is 8.49. The summed E-state index contributed by atoms with van der Waals surface area (Å²) in [6.45, 7) is 2.34. The van der Waals surface area contributed by atoms with Gasteiger partial charge in [0, 0.05) is 5.56 Å². The molecule has 1 aromatic heterocycles. The van der Waals surface area contributed by atoms with Crippen molar-refractivity contribution in [1.82, 2.24) is 0 Å². The van der Waals surface area contributed by atoms with Crippen molar-refractivity contribution in [2.24, 2.45) is 5.92 Å². The first kappa shape index (κ1) is 20.5. The van der Waals surface area contributed by atoms with Crippen molar-refractivity contribution in [2.75, 3.05) is 0 Å². The number of aryl methyl sites for hydroxylation is 1. The Labute approximate surface area is 166 Å². The second kappa shape index (κ2) is 8.82. The quantitative estimate of drug-likeness (QED) is 0.602. The smallest absolute Gasteiger partial charge is 0.222 e. The molecule has 0 aliphatic heterocycles. The third-order valence-corrected chi connectivity index (χ3v) is 4.73. The first-order valence-electron chi connectivity index (χ1n) is 9.03. The lowest BCUT2D eigenvalue weighted by molar-refractivity contribution is -2.00. The molecule has 1 aliphatic rings. The first-order chi connectivity index (χ1) is 13.3. The maximum absolute atomic E-state index is 8.49. The van der Waals surface area contributed by atoms with Gasteiger partial charge in [-0.3, -0.25) is 0 Å². The van der Waals surface area contributed by atoms with Crippen molar-refractivity contribution < 1.29 is 33.3 Å². The zero-order chi connectivity index (χ0) is 20.1. The SMILES string of the molecule is CC1CCc2[o+]c(-c3ccccc3)cc(-c3ccccc3)c2C1.[O-][Cl+3]([O-])([O-])[O-]. The van der Waals surface area contributed by atoms with Crippen LogP contribution in [0.4, 0.5) is 0 Å². The van der Waals surface area contributed by atoms with Crippen LogP contribution in [0.5, 0.6) is 0 Å². The summed E-state index contributed by atoms with van der Waals surface area (Å²) >= 11 is 0. The monoisotopic (exact) mass is 400 g/mol. The van der Waals surface area contributed by atoms with Gasteiger partial charge in [-0.2, -0.15) is 0 Å². The maximum Gasteiger partial charge on any atom is 0.360 e. The lowest BCUT2D eigenvalue weighted by atomic mass is 9.84. The second-order valence-electron chi connectivity index (χ2n) is 6.88. The summed E-state index contributed by atoms with van der Waals surface area (Å²) in [4.78, 5) is 0. The van der Waals surface area contributed by atoms with E-state index in [2.05, 4.69) is 67.6 Å². The fourth-order valence-corrected chi connectivity index (χ4v) is 3.47. The van der Waals surface area contributed by atoms with E-state index in [9.17, 15) is 0 Å². The van der Waals surface area contributed by atoms with E-state index in [1.54, 1.807) is 0 Å². The molecule has 0 bridgehead atoms. The van der Waals surface area contributed by atoms with Gasteiger partial charge in [0.25, 0.3) is 0 Å². The van der Waals surface area contributed by atoms with Gasteiger partial charge in [0.15, 0.2) is 0 Å². The summed E-state index contributed by atoms with van der Waals surface area (Å²) in [6, 6.07) is 23.3. The van der Waals surface area contributed by atoms with E-state index in [0.717, 1.165) is 30.1 Å². The summed E-state index contributed by atoms with van der Waals surface area (Å²) in [7, 11) is -4.94. The Kier molecular flexibility index (Phi) is 6.44. The molecule has 0 saturated carbocycles. The zero-order valence-corrected chi connectivity index (χ0v) is 16.2. The molecule has 1 heterocycles. The van der Waals surface area contributed by atoms with Crippen molar-refractivity contribution in [3.8, 4) is 22.5 Å². The van der Waals surface area contributed by atoms with E-state index in [-0.39, 0.29) is 0 Å². The second-order valence-corrected chi connectivity index (χ2v) is 7.64. The number of rotatable bonds is 2. The largest absolute Gasteiger partial charge is 0.360 e. The van der Waals surface area contributed by atoms with Gasteiger partial charge < -0.3 is 0 Å². The Morgan fingerprint density at radius 1 is 0.857 bits per heavy atom. The molecule has 1 unspecified atom stereocenters. The van der Waals surface area contributed by atoms with Crippen LogP contribution in [0, 0.1) is 16.2 Å². The molecular weight excluding hydrogens is 380 g/mol. The Bertz CT molecular complexity index is 901. The molecule has 28 heavy (non-hydrogen) atoms. The summed E-state index contributed by atoms with van der Waals surface area (Å²) < 4.78 is 40.3. The van der Waals surface area contributed by atoms with Crippen LogP contribution in [0.15, 0.2) is 71.1 Å². The summed E-state index contributed by atoms with van der Waals surface area (Å²) in [5.74, 6) is 2.86. The average Bonchev–Trinajstić information content (AvgIpc) is 2.67. The Morgan fingerprint density at radius 3 is 1.96 bits per heavy atom. The van der Waals surface area contributed by atoms with Crippen LogP contribution in [0.25, 0.3) is 22.5 Å². The van der Waals surface area contributed by atoms with Crippen LogP contribution < -0.4 is 18.6 Å². The lowest BCUT2D eigenvalue weighted by Crippen LogP contribution is -2.68. The molecular formula is C22H21ClO5. The van der Waals surface area contributed by atoms with E-state index in [1.807, 2.05) is 6.07 Å². The number of hydrogen-bond acceptors (Lipinski definition) is 4. The highest BCUT2D eigenvalue weighted by Crippen LogP contribution is 2.37. The van der Waals surface area contributed by atoms with E-state index in [4.69, 9.17) is 23.1 Å². The molecule has 1 atom stereocenters. The van der Waals surface area contributed by atoms with Gasteiger partial charge in [-0.05, 0) is 36.5 Å². The topological polar surface area (TPSA) is 104 Å². The minimum Gasteiger partial charge on any atom is -0.222 e. The molecule has 5 nitrogen and oxygen atoms in total. The van der Waals surface area contributed by atoms with Crippen molar-refractivity contribution >= 4 is 0 Å². The molecule has 6 heteroatoms. The number of fused-ring (bicyclic) bond motifs is 1. The zero-order valence-electron chi connectivity index (χ0n) is 15.5. The predicted molar refractivity (Wildman–Crippen MR) is 95.2 cm³/mol. The van der Waals surface area contributed by atoms with E-state index in [0.29, 0.717) is 0 Å². The molecule has 4 rings (SSSR count). The highest BCUT2D eigenvalue weighted by Gasteiger charge is 2.30. The fraction of sp³-hybridized carbons (Fsp3) is 0.227. The van der Waals surface area contributed by atoms with Crippen molar-refractivity contribution in [2.45, 2.75) is 26.2 Å². The summed E-state index contributed by atoms with van der Waals surface area (Å²) in [6.07, 6.45) is 3.36. The molecule has 0 amide bonds. The normalized spacial score (nSPS) is 16.0. The standard InChI is InChI=1S/C22H21O.ClHO4/c1-16-12-13-21-20(14-16)19(17-8-4-2-5-9-17)15-22(23-21)18-10-6-3-7-11-18;2-1(3,4)5/h2-11,15-16H,12-14H2,1H3;(H,2,3,4,5)/q+1;/p-1. The third-order valence-electron chi connectivity index (χ3n) is 4.73. The van der Waals surface area contributed by atoms with Gasteiger partial charge in [-0.25, -0.2) is 23.1 Å². The third kappa shape index (κ3) is 5.61. The van der Waals surface area contributed by atoms with Crippen LogP contribution in [-0.2, 0) is 12.8 Å². The summed E-state index contributed by atoms with van der Waals surface area (Å²) in [5, 5.41) is 0. The number of halogens is 1. The molecule has 0 N–H and O–H groups in total. The number of hydrogen-bond donors (Lipinski definition) is 0. The minimum atomic E-state index is -4.94. The highest BCUT2D eigenvalue weighted by molar-refractivity contribution is 5.73. The predicted octanol–water partition coefficient (Wildman–Crippen LogP) is 1.26. The highest BCUT2D eigenvalue weighted by atomic mass is 35.7. The van der Waals surface area contributed by atoms with Crippen LogP contribution in [0.1, 0.15) is 24.7 Å². The van der Waals surface area contributed by atoms with Gasteiger partial charge in [0.1, 0.15) is 0 Å². The van der Waals surface area contributed by atoms with Crippen LogP contribution in [0.2, 0.25) is 0 Å². The van der Waals surface area contributed by atoms with Gasteiger partial charge >= 0.3 is 11.5 Å². The van der Waals surface area contributed by atoms with Crippen molar-refractivity contribution in [3.63, 3.8) is 0 Å². The first-order valence-corrected chi connectivity index (χ1v) is 10.3. The van der Waals surface area contributed by atoms with Crippen molar-refractivity contribution in [1.29, 1.82) is 0 Å². The number of benzene rings is 2. The van der Waals surface area contributed by atoms with Gasteiger partial charge in [-0.1, -0.05) is 55.5 Å². The molecule has 146 valence electrons. The molecule has 0 saturated heterocycles. The van der Waals surface area contributed by atoms with Crippen LogP contribution in [0.3, 0.4) is 0 Å². The molecule has 0 spiro atoms. The van der Waals surface area contributed by atoms with E-state index in [1.165, 1.54) is 28.9 Å². The van der Waals surface area contributed by atoms with E-state index >= 15 is 0 Å². The van der Waals surface area contributed by atoms with Gasteiger partial charge in [0.05, 0.1) is 23.6 Å². The molecule has 0 radical (unpaired) electrons. The Morgan fingerprint density at radius 2 is 1.39 bits per heavy atom. The van der Waals surface area contributed by atoms with Crippen LogP contribution >= 0.6 is 0 Å². The molecule has 1 aliphatic carbocycles. The molecule has 3 aromatic rings. The lowest BCUT2D eigenvalue weighted by Gasteiger charge is -2.18. The van der Waals surface area contributed by atoms with Gasteiger partial charge in [0.2, 0.25) is 0 Å². The average molecular weight is 401 g/mol. The fourth-order valence-electron chi connectivity index (χ4n) is 3.47. The molecule has 0 fully saturated rings.